The van der Waals surface area contributed by atoms with Crippen LogP contribution in [-0.4, -0.2) is 35.6 Å². The molecule has 1 rings (SSSR count). The van der Waals surface area contributed by atoms with Gasteiger partial charge in [0.1, 0.15) is 0 Å². The maximum atomic E-state index is 10.9. The highest BCUT2D eigenvalue weighted by molar-refractivity contribution is 5.37. The molecule has 0 aromatic heterocycles. The normalized spacial score (nSPS) is 16.1. The summed E-state index contributed by atoms with van der Waals surface area (Å²) in [5.74, 6) is -0.0190. The largest absolute Gasteiger partial charge is 0.385 e. The molecule has 0 amide bonds. The van der Waals surface area contributed by atoms with Crippen molar-refractivity contribution in [2.75, 3.05) is 20.6 Å². The molecule has 0 aliphatic carbocycles. The molecule has 106 valence electrons. The van der Waals surface area contributed by atoms with Gasteiger partial charge in [-0.3, -0.25) is 10.1 Å². The smallest absolute Gasteiger partial charge is 0.269 e. The molecule has 5 nitrogen and oxygen atoms in total. The van der Waals surface area contributed by atoms with E-state index in [4.69, 9.17) is 0 Å². The summed E-state index contributed by atoms with van der Waals surface area (Å²) in [6, 6.07) is 6.28. The molecule has 0 aliphatic heterocycles. The lowest BCUT2D eigenvalue weighted by Gasteiger charge is -2.35. The SMILES string of the molecule is CC[C@](O)(c1cccc([N+](=O)[O-])c1)[C@@H](C)CN(C)C. The zero-order valence-electron chi connectivity index (χ0n) is 12.0. The minimum Gasteiger partial charge on any atom is -0.385 e. The molecule has 0 spiro atoms. The van der Waals surface area contributed by atoms with E-state index in [-0.39, 0.29) is 11.6 Å². The van der Waals surface area contributed by atoms with Crippen LogP contribution in [0.1, 0.15) is 25.8 Å². The maximum absolute atomic E-state index is 10.9. The summed E-state index contributed by atoms with van der Waals surface area (Å²) in [5.41, 5.74) is -0.420. The molecule has 1 N–H and O–H groups in total. The van der Waals surface area contributed by atoms with Gasteiger partial charge in [0.15, 0.2) is 0 Å². The van der Waals surface area contributed by atoms with Gasteiger partial charge in [0.05, 0.1) is 10.5 Å². The quantitative estimate of drug-likeness (QED) is 0.634. The van der Waals surface area contributed by atoms with Gasteiger partial charge in [-0.25, -0.2) is 0 Å². The van der Waals surface area contributed by atoms with Gasteiger partial charge in [0, 0.05) is 24.6 Å². The van der Waals surface area contributed by atoms with Crippen LogP contribution in [0.5, 0.6) is 0 Å². The van der Waals surface area contributed by atoms with E-state index >= 15 is 0 Å². The Morgan fingerprint density at radius 1 is 1.47 bits per heavy atom. The zero-order chi connectivity index (χ0) is 14.6. The minimum atomic E-state index is -1.05. The number of non-ortho nitro benzene ring substituents is 1. The van der Waals surface area contributed by atoms with Gasteiger partial charge in [0.25, 0.3) is 5.69 Å². The van der Waals surface area contributed by atoms with Crippen molar-refractivity contribution in [2.45, 2.75) is 25.9 Å². The van der Waals surface area contributed by atoms with E-state index in [9.17, 15) is 15.2 Å². The first kappa shape index (κ1) is 15.6. The Balaban J connectivity index is 3.13. The van der Waals surface area contributed by atoms with Crippen LogP contribution < -0.4 is 0 Å². The van der Waals surface area contributed by atoms with E-state index in [2.05, 4.69) is 0 Å². The molecule has 0 saturated heterocycles. The molecule has 5 heteroatoms. The highest BCUT2D eigenvalue weighted by Gasteiger charge is 2.34. The van der Waals surface area contributed by atoms with Crippen molar-refractivity contribution in [3.05, 3.63) is 39.9 Å². The number of rotatable bonds is 6. The molecule has 0 saturated carbocycles. The predicted octanol–water partition coefficient (Wildman–Crippen LogP) is 2.39. The van der Waals surface area contributed by atoms with Crippen LogP contribution in [0.25, 0.3) is 0 Å². The lowest BCUT2D eigenvalue weighted by Crippen LogP contribution is -2.38. The second-order valence-corrected chi connectivity index (χ2v) is 5.25. The molecule has 0 fully saturated rings. The molecular weight excluding hydrogens is 244 g/mol. The lowest BCUT2D eigenvalue weighted by atomic mass is 9.80. The highest BCUT2D eigenvalue weighted by atomic mass is 16.6. The first-order valence-electron chi connectivity index (χ1n) is 6.43. The fourth-order valence-corrected chi connectivity index (χ4v) is 2.42. The average molecular weight is 266 g/mol. The minimum absolute atomic E-state index is 0.0152. The Labute approximate surface area is 114 Å². The Hall–Kier alpha value is -1.46. The van der Waals surface area contributed by atoms with E-state index in [1.54, 1.807) is 12.1 Å². The van der Waals surface area contributed by atoms with Gasteiger partial charge in [-0.2, -0.15) is 0 Å². The second-order valence-electron chi connectivity index (χ2n) is 5.25. The fourth-order valence-electron chi connectivity index (χ4n) is 2.42. The van der Waals surface area contributed by atoms with E-state index in [1.165, 1.54) is 12.1 Å². The van der Waals surface area contributed by atoms with Crippen LogP contribution in [0.4, 0.5) is 5.69 Å². The summed E-state index contributed by atoms with van der Waals surface area (Å²) in [4.78, 5) is 12.4. The molecule has 2 atom stereocenters. The molecule has 0 bridgehead atoms. The monoisotopic (exact) mass is 266 g/mol. The van der Waals surface area contributed by atoms with E-state index in [1.807, 2.05) is 32.8 Å². The van der Waals surface area contributed by atoms with E-state index in [0.29, 0.717) is 18.5 Å². The second kappa shape index (κ2) is 6.12. The van der Waals surface area contributed by atoms with Crippen molar-refractivity contribution in [2.24, 2.45) is 5.92 Å². The van der Waals surface area contributed by atoms with Gasteiger partial charge < -0.3 is 10.0 Å². The van der Waals surface area contributed by atoms with Crippen LogP contribution in [0.15, 0.2) is 24.3 Å². The van der Waals surface area contributed by atoms with Crippen molar-refractivity contribution in [1.29, 1.82) is 0 Å². The fraction of sp³-hybridized carbons (Fsp3) is 0.571. The predicted molar refractivity (Wildman–Crippen MR) is 75.0 cm³/mol. The third-order valence-corrected chi connectivity index (χ3v) is 3.55. The summed E-state index contributed by atoms with van der Waals surface area (Å²) in [5, 5.41) is 21.7. The van der Waals surface area contributed by atoms with Gasteiger partial charge in [-0.15, -0.1) is 0 Å². The first-order chi connectivity index (χ1) is 8.81. The van der Waals surface area contributed by atoms with Crippen molar-refractivity contribution >= 4 is 5.69 Å². The number of nitro groups is 1. The third kappa shape index (κ3) is 3.52. The van der Waals surface area contributed by atoms with Gasteiger partial charge in [0.2, 0.25) is 0 Å². The summed E-state index contributed by atoms with van der Waals surface area (Å²) < 4.78 is 0. The zero-order valence-corrected chi connectivity index (χ0v) is 12.0. The number of hydrogen-bond acceptors (Lipinski definition) is 4. The maximum Gasteiger partial charge on any atom is 0.269 e. The molecular formula is C14H22N2O3. The van der Waals surface area contributed by atoms with Gasteiger partial charge in [-0.05, 0) is 26.1 Å². The number of hydrogen-bond donors (Lipinski definition) is 1. The van der Waals surface area contributed by atoms with Crippen LogP contribution in [0.2, 0.25) is 0 Å². The van der Waals surface area contributed by atoms with Gasteiger partial charge >= 0.3 is 0 Å². The van der Waals surface area contributed by atoms with E-state index in [0.717, 1.165) is 0 Å². The van der Waals surface area contributed by atoms with Crippen LogP contribution in [-0.2, 0) is 5.60 Å². The molecule has 0 aliphatic rings. The number of aliphatic hydroxyl groups is 1. The average Bonchev–Trinajstić information content (AvgIpc) is 2.37. The van der Waals surface area contributed by atoms with Crippen molar-refractivity contribution in [3.8, 4) is 0 Å². The number of benzene rings is 1. The van der Waals surface area contributed by atoms with Crippen molar-refractivity contribution < 1.29 is 10.0 Å². The van der Waals surface area contributed by atoms with Crippen LogP contribution in [0.3, 0.4) is 0 Å². The summed E-state index contributed by atoms with van der Waals surface area (Å²) in [7, 11) is 3.89. The van der Waals surface area contributed by atoms with Gasteiger partial charge in [-0.1, -0.05) is 26.0 Å². The lowest BCUT2D eigenvalue weighted by molar-refractivity contribution is -0.385. The van der Waals surface area contributed by atoms with E-state index < -0.39 is 10.5 Å². The Morgan fingerprint density at radius 2 is 2.11 bits per heavy atom. The third-order valence-electron chi connectivity index (χ3n) is 3.55. The topological polar surface area (TPSA) is 66.6 Å². The number of nitro benzene ring substituents is 1. The highest BCUT2D eigenvalue weighted by Crippen LogP contribution is 2.34. The van der Waals surface area contributed by atoms with Crippen LogP contribution >= 0.6 is 0 Å². The van der Waals surface area contributed by atoms with Crippen molar-refractivity contribution in [3.63, 3.8) is 0 Å². The standard InChI is InChI=1S/C14H22N2O3/c1-5-14(17,11(2)10-15(3)4)12-7-6-8-13(9-12)16(18)19/h6-9,11,17H,5,10H2,1-4H3/t11-,14+/m0/s1. The summed E-state index contributed by atoms with van der Waals surface area (Å²) in [6.07, 6.45) is 0.517. The molecule has 0 unspecified atom stereocenters. The summed E-state index contributed by atoms with van der Waals surface area (Å²) >= 11 is 0. The molecule has 0 heterocycles. The summed E-state index contributed by atoms with van der Waals surface area (Å²) in [6.45, 7) is 4.57. The van der Waals surface area contributed by atoms with Crippen molar-refractivity contribution in [1.82, 2.24) is 4.90 Å². The molecule has 19 heavy (non-hydrogen) atoms. The Bertz CT molecular complexity index is 448. The Morgan fingerprint density at radius 3 is 2.58 bits per heavy atom. The molecule has 1 aromatic rings. The van der Waals surface area contributed by atoms with Crippen LogP contribution in [0, 0.1) is 16.0 Å². The Kier molecular flexibility index (Phi) is 5.03. The first-order valence-corrected chi connectivity index (χ1v) is 6.43. The number of nitrogens with zero attached hydrogens (tertiary/aromatic N) is 2. The molecule has 0 radical (unpaired) electrons. The molecule has 1 aromatic carbocycles.